The summed E-state index contributed by atoms with van der Waals surface area (Å²) in [4.78, 5) is 0. The summed E-state index contributed by atoms with van der Waals surface area (Å²) in [5, 5.41) is 4.70. The van der Waals surface area contributed by atoms with E-state index in [1.807, 2.05) is 73.3 Å². The average molecular weight is 384 g/mol. The number of nitrogens with zero attached hydrogens (tertiary/aromatic N) is 2. The second-order valence-corrected chi connectivity index (χ2v) is 6.99. The third-order valence-electron chi connectivity index (χ3n) is 4.97. The molecule has 0 fully saturated rings. The molecule has 0 atom stereocenters. The van der Waals surface area contributed by atoms with Crippen LogP contribution in [0.15, 0.2) is 78.9 Å². The van der Waals surface area contributed by atoms with Crippen LogP contribution < -0.4 is 9.47 Å². The van der Waals surface area contributed by atoms with Gasteiger partial charge in [-0.25, -0.2) is 0 Å². The molecule has 4 heteroatoms. The van der Waals surface area contributed by atoms with Crippen LogP contribution in [0.25, 0.3) is 22.5 Å². The van der Waals surface area contributed by atoms with E-state index in [9.17, 15) is 0 Å². The SMILES string of the molecule is COc1c(C)cccc1COc1cccc(-c2cc(-c3ccccc3)n(C)n2)c1. The maximum atomic E-state index is 6.06. The van der Waals surface area contributed by atoms with Crippen LogP contribution in [0.4, 0.5) is 0 Å². The first-order valence-corrected chi connectivity index (χ1v) is 9.61. The molecule has 0 spiro atoms. The van der Waals surface area contributed by atoms with Gasteiger partial charge in [-0.15, -0.1) is 0 Å². The summed E-state index contributed by atoms with van der Waals surface area (Å²) in [5.74, 6) is 1.68. The maximum Gasteiger partial charge on any atom is 0.128 e. The monoisotopic (exact) mass is 384 g/mol. The molecule has 3 aromatic carbocycles. The van der Waals surface area contributed by atoms with Crippen LogP contribution in [-0.4, -0.2) is 16.9 Å². The van der Waals surface area contributed by atoms with E-state index in [0.717, 1.165) is 45.1 Å². The van der Waals surface area contributed by atoms with Gasteiger partial charge in [0.15, 0.2) is 0 Å². The summed E-state index contributed by atoms with van der Waals surface area (Å²) in [6.45, 7) is 2.49. The van der Waals surface area contributed by atoms with Gasteiger partial charge in [0.2, 0.25) is 0 Å². The molecule has 0 aliphatic carbocycles. The van der Waals surface area contributed by atoms with E-state index in [1.54, 1.807) is 7.11 Å². The fourth-order valence-electron chi connectivity index (χ4n) is 3.51. The molecule has 0 bridgehead atoms. The largest absolute Gasteiger partial charge is 0.496 e. The molecule has 1 aromatic heterocycles. The number of rotatable bonds is 6. The summed E-state index contributed by atoms with van der Waals surface area (Å²) < 4.78 is 13.5. The quantitative estimate of drug-likeness (QED) is 0.431. The van der Waals surface area contributed by atoms with Gasteiger partial charge in [-0.05, 0) is 36.2 Å². The number of hydrogen-bond donors (Lipinski definition) is 0. The van der Waals surface area contributed by atoms with Crippen LogP contribution >= 0.6 is 0 Å². The predicted molar refractivity (Wildman–Crippen MR) is 116 cm³/mol. The van der Waals surface area contributed by atoms with E-state index < -0.39 is 0 Å². The lowest BCUT2D eigenvalue weighted by Crippen LogP contribution is -2.00. The summed E-state index contributed by atoms with van der Waals surface area (Å²) in [6, 6.07) is 26.5. The zero-order valence-corrected chi connectivity index (χ0v) is 16.9. The summed E-state index contributed by atoms with van der Waals surface area (Å²) in [7, 11) is 3.66. The zero-order valence-electron chi connectivity index (χ0n) is 16.9. The minimum atomic E-state index is 0.450. The molecule has 0 saturated heterocycles. The van der Waals surface area contributed by atoms with Gasteiger partial charge in [0.1, 0.15) is 18.1 Å². The summed E-state index contributed by atoms with van der Waals surface area (Å²) in [5.41, 5.74) is 6.30. The Kier molecular flexibility index (Phi) is 5.34. The molecular weight excluding hydrogens is 360 g/mol. The van der Waals surface area contributed by atoms with Crippen molar-refractivity contribution in [3.63, 3.8) is 0 Å². The maximum absolute atomic E-state index is 6.06. The molecule has 1 heterocycles. The van der Waals surface area contributed by atoms with Crippen molar-refractivity contribution >= 4 is 0 Å². The highest BCUT2D eigenvalue weighted by molar-refractivity contribution is 5.69. The number of hydrogen-bond acceptors (Lipinski definition) is 3. The van der Waals surface area contributed by atoms with Crippen LogP contribution in [0.1, 0.15) is 11.1 Å². The minimum absolute atomic E-state index is 0.450. The van der Waals surface area contributed by atoms with E-state index in [2.05, 4.69) is 24.3 Å². The molecule has 0 unspecified atom stereocenters. The molecule has 0 radical (unpaired) electrons. The predicted octanol–water partition coefficient (Wildman–Crippen LogP) is 5.65. The first kappa shape index (κ1) is 18.8. The Bertz CT molecular complexity index is 1120. The van der Waals surface area contributed by atoms with Crippen molar-refractivity contribution in [2.24, 2.45) is 7.05 Å². The molecule has 29 heavy (non-hydrogen) atoms. The fraction of sp³-hybridized carbons (Fsp3) is 0.160. The van der Waals surface area contributed by atoms with E-state index in [-0.39, 0.29) is 0 Å². The Morgan fingerprint density at radius 1 is 0.862 bits per heavy atom. The van der Waals surface area contributed by atoms with Gasteiger partial charge in [-0.1, -0.05) is 60.7 Å². The topological polar surface area (TPSA) is 36.3 Å². The van der Waals surface area contributed by atoms with Crippen molar-refractivity contribution in [2.75, 3.05) is 7.11 Å². The molecule has 0 aliphatic rings. The number of para-hydroxylation sites is 1. The lowest BCUT2D eigenvalue weighted by atomic mass is 10.1. The highest BCUT2D eigenvalue weighted by atomic mass is 16.5. The number of methoxy groups -OCH3 is 1. The normalized spacial score (nSPS) is 10.7. The Morgan fingerprint density at radius 3 is 2.41 bits per heavy atom. The second kappa shape index (κ2) is 8.23. The highest BCUT2D eigenvalue weighted by Crippen LogP contribution is 2.29. The smallest absolute Gasteiger partial charge is 0.128 e. The molecule has 0 N–H and O–H groups in total. The number of benzene rings is 3. The Labute approximate surface area is 171 Å². The lowest BCUT2D eigenvalue weighted by molar-refractivity contribution is 0.296. The third-order valence-corrected chi connectivity index (χ3v) is 4.97. The van der Waals surface area contributed by atoms with Crippen LogP contribution in [0.5, 0.6) is 11.5 Å². The molecule has 0 aliphatic heterocycles. The van der Waals surface area contributed by atoms with Crippen LogP contribution in [0.3, 0.4) is 0 Å². The van der Waals surface area contributed by atoms with E-state index >= 15 is 0 Å². The highest BCUT2D eigenvalue weighted by Gasteiger charge is 2.11. The fourth-order valence-corrected chi connectivity index (χ4v) is 3.51. The molecule has 4 aromatic rings. The number of aryl methyl sites for hydroxylation is 2. The summed E-state index contributed by atoms with van der Waals surface area (Å²) in [6.07, 6.45) is 0. The zero-order chi connectivity index (χ0) is 20.2. The number of ether oxygens (including phenoxy) is 2. The van der Waals surface area contributed by atoms with Crippen LogP contribution in [0, 0.1) is 6.92 Å². The van der Waals surface area contributed by atoms with Crippen molar-refractivity contribution in [3.05, 3.63) is 90.0 Å². The Hall–Kier alpha value is -3.53. The first-order valence-electron chi connectivity index (χ1n) is 9.61. The Balaban J connectivity index is 1.56. The molecule has 146 valence electrons. The lowest BCUT2D eigenvalue weighted by Gasteiger charge is -2.12. The van der Waals surface area contributed by atoms with Crippen LogP contribution in [0.2, 0.25) is 0 Å². The van der Waals surface area contributed by atoms with Crippen molar-refractivity contribution < 1.29 is 9.47 Å². The average Bonchev–Trinajstić information content (AvgIpc) is 3.15. The van der Waals surface area contributed by atoms with E-state index in [1.165, 1.54) is 0 Å². The van der Waals surface area contributed by atoms with E-state index in [0.29, 0.717) is 6.61 Å². The second-order valence-electron chi connectivity index (χ2n) is 6.99. The standard InChI is InChI=1S/C25H24N2O2/c1-18-9-7-13-21(25(18)28-3)17-29-22-14-8-12-20(15-22)23-16-24(27(2)26-23)19-10-5-4-6-11-19/h4-16H,17H2,1-3H3. The van der Waals surface area contributed by atoms with Crippen LogP contribution in [-0.2, 0) is 13.7 Å². The molecule has 4 rings (SSSR count). The third kappa shape index (κ3) is 4.02. The van der Waals surface area contributed by atoms with E-state index in [4.69, 9.17) is 14.6 Å². The van der Waals surface area contributed by atoms with Crippen molar-refractivity contribution in [1.82, 2.24) is 9.78 Å². The Morgan fingerprint density at radius 2 is 1.62 bits per heavy atom. The van der Waals surface area contributed by atoms with Gasteiger partial charge < -0.3 is 9.47 Å². The van der Waals surface area contributed by atoms with Crippen molar-refractivity contribution in [2.45, 2.75) is 13.5 Å². The van der Waals surface area contributed by atoms with Crippen molar-refractivity contribution in [1.29, 1.82) is 0 Å². The van der Waals surface area contributed by atoms with Crippen molar-refractivity contribution in [3.8, 4) is 34.0 Å². The minimum Gasteiger partial charge on any atom is -0.496 e. The van der Waals surface area contributed by atoms with Gasteiger partial charge in [0.05, 0.1) is 18.5 Å². The first-order chi connectivity index (χ1) is 14.2. The van der Waals surface area contributed by atoms with Gasteiger partial charge in [-0.3, -0.25) is 4.68 Å². The summed E-state index contributed by atoms with van der Waals surface area (Å²) >= 11 is 0. The molecular formula is C25H24N2O2. The van der Waals surface area contributed by atoms with Gasteiger partial charge in [-0.2, -0.15) is 5.10 Å². The molecule has 4 nitrogen and oxygen atoms in total. The molecule has 0 saturated carbocycles. The van der Waals surface area contributed by atoms with Gasteiger partial charge in [0.25, 0.3) is 0 Å². The number of aromatic nitrogens is 2. The van der Waals surface area contributed by atoms with Gasteiger partial charge in [0, 0.05) is 18.2 Å². The van der Waals surface area contributed by atoms with Gasteiger partial charge >= 0.3 is 0 Å². The molecule has 0 amide bonds.